The van der Waals surface area contributed by atoms with Crippen molar-refractivity contribution in [2.75, 3.05) is 20.3 Å². The van der Waals surface area contributed by atoms with Crippen LogP contribution in [0.4, 0.5) is 4.39 Å². The molecule has 0 amide bonds. The Balaban J connectivity index is 1.91. The van der Waals surface area contributed by atoms with Gasteiger partial charge in [0.1, 0.15) is 11.6 Å². The largest absolute Gasteiger partial charge is 0.485 e. The lowest BCUT2D eigenvalue weighted by atomic mass is 10.2. The second kappa shape index (κ2) is 7.70. The van der Waals surface area contributed by atoms with Gasteiger partial charge in [-0.3, -0.25) is 0 Å². The van der Waals surface area contributed by atoms with E-state index in [0.717, 1.165) is 5.56 Å². The first-order chi connectivity index (χ1) is 10.2. The molecule has 0 aliphatic carbocycles. The minimum absolute atomic E-state index is 0.136. The van der Waals surface area contributed by atoms with E-state index in [4.69, 9.17) is 14.0 Å². The minimum atomic E-state index is -0.347. The van der Waals surface area contributed by atoms with E-state index < -0.39 is 0 Å². The number of nitrogens with one attached hydrogen (secondary N) is 1. The lowest BCUT2D eigenvalue weighted by Crippen LogP contribution is -2.18. The molecule has 1 aromatic carbocycles. The Morgan fingerprint density at radius 3 is 2.90 bits per heavy atom. The van der Waals surface area contributed by atoms with Crippen LogP contribution in [0.15, 0.2) is 22.7 Å². The maximum atomic E-state index is 13.6. The second-order valence-electron chi connectivity index (χ2n) is 4.48. The van der Waals surface area contributed by atoms with Crippen LogP contribution in [0.2, 0.25) is 0 Å². The number of hydrogen-bond acceptors (Lipinski definition) is 6. The Morgan fingerprint density at radius 1 is 1.33 bits per heavy atom. The predicted molar refractivity (Wildman–Crippen MR) is 73.3 cm³/mol. The van der Waals surface area contributed by atoms with Crippen LogP contribution in [-0.2, 0) is 17.9 Å². The highest BCUT2D eigenvalue weighted by Gasteiger charge is 2.06. The normalized spacial score (nSPS) is 10.8. The van der Waals surface area contributed by atoms with Crippen LogP contribution < -0.4 is 10.1 Å². The van der Waals surface area contributed by atoms with Crippen LogP contribution in [0.1, 0.15) is 17.3 Å². The van der Waals surface area contributed by atoms with Gasteiger partial charge in [0.15, 0.2) is 6.61 Å². The van der Waals surface area contributed by atoms with Crippen LogP contribution in [0.25, 0.3) is 0 Å². The van der Waals surface area contributed by atoms with Crippen LogP contribution >= 0.6 is 0 Å². The van der Waals surface area contributed by atoms with E-state index >= 15 is 0 Å². The first kappa shape index (κ1) is 15.4. The zero-order chi connectivity index (χ0) is 15.1. The third-order valence-corrected chi connectivity index (χ3v) is 2.68. The van der Waals surface area contributed by atoms with Crippen molar-refractivity contribution in [2.45, 2.75) is 20.1 Å². The number of hydrogen-bond donors (Lipinski definition) is 1. The van der Waals surface area contributed by atoms with Gasteiger partial charge in [0.2, 0.25) is 11.7 Å². The van der Waals surface area contributed by atoms with Crippen LogP contribution in [-0.4, -0.2) is 30.4 Å². The van der Waals surface area contributed by atoms with E-state index in [1.54, 1.807) is 20.1 Å². The fourth-order valence-electron chi connectivity index (χ4n) is 1.76. The molecule has 0 spiro atoms. The summed E-state index contributed by atoms with van der Waals surface area (Å²) in [5, 5.41) is 6.86. The van der Waals surface area contributed by atoms with Gasteiger partial charge in [-0.15, -0.1) is 0 Å². The number of halogens is 1. The van der Waals surface area contributed by atoms with E-state index in [0.29, 0.717) is 37.2 Å². The highest BCUT2D eigenvalue weighted by atomic mass is 19.1. The smallest absolute Gasteiger partial charge is 0.223 e. The van der Waals surface area contributed by atoms with E-state index in [9.17, 15) is 4.39 Å². The van der Waals surface area contributed by atoms with Gasteiger partial charge >= 0.3 is 0 Å². The molecule has 0 aliphatic heterocycles. The fraction of sp³-hybridized carbons (Fsp3) is 0.429. The Hall–Kier alpha value is -1.99. The highest BCUT2D eigenvalue weighted by molar-refractivity contribution is 5.29. The summed E-state index contributed by atoms with van der Waals surface area (Å²) in [6, 6.07) is 4.56. The number of ether oxygens (including phenoxy) is 2. The lowest BCUT2D eigenvalue weighted by Gasteiger charge is -2.08. The van der Waals surface area contributed by atoms with E-state index in [-0.39, 0.29) is 12.4 Å². The zero-order valence-corrected chi connectivity index (χ0v) is 12.1. The molecular formula is C14H18FN3O3. The standard InChI is InChI=1S/C14H18FN3O3/c1-10-17-14(18-21-10)9-20-13-6-11(5-12(15)7-13)8-16-3-4-19-2/h5-7,16H,3-4,8-9H2,1-2H3. The predicted octanol–water partition coefficient (Wildman–Crippen LogP) is 1.83. The molecule has 0 unspecified atom stereocenters. The van der Waals surface area contributed by atoms with Crippen molar-refractivity contribution in [1.82, 2.24) is 15.5 Å². The summed E-state index contributed by atoms with van der Waals surface area (Å²) < 4.78 is 28.8. The summed E-state index contributed by atoms with van der Waals surface area (Å²) in [6.45, 7) is 3.68. The summed E-state index contributed by atoms with van der Waals surface area (Å²) in [5.74, 6) is 0.980. The number of aromatic nitrogens is 2. The molecule has 0 saturated carbocycles. The van der Waals surface area contributed by atoms with Gasteiger partial charge in [-0.05, 0) is 17.7 Å². The fourth-order valence-corrected chi connectivity index (χ4v) is 1.76. The molecular weight excluding hydrogens is 277 g/mol. The van der Waals surface area contributed by atoms with Crippen molar-refractivity contribution in [3.8, 4) is 5.75 Å². The Kier molecular flexibility index (Phi) is 5.65. The number of rotatable bonds is 8. The third kappa shape index (κ3) is 5.13. The van der Waals surface area contributed by atoms with Crippen molar-refractivity contribution in [3.05, 3.63) is 41.3 Å². The summed E-state index contributed by atoms with van der Waals surface area (Å²) in [5.41, 5.74) is 0.797. The Morgan fingerprint density at radius 2 is 2.19 bits per heavy atom. The number of nitrogens with zero attached hydrogens (tertiary/aromatic N) is 2. The zero-order valence-electron chi connectivity index (χ0n) is 12.1. The van der Waals surface area contributed by atoms with Gasteiger partial charge in [-0.2, -0.15) is 4.98 Å². The monoisotopic (exact) mass is 295 g/mol. The molecule has 21 heavy (non-hydrogen) atoms. The second-order valence-corrected chi connectivity index (χ2v) is 4.48. The number of aryl methyl sites for hydroxylation is 1. The molecule has 0 radical (unpaired) electrons. The lowest BCUT2D eigenvalue weighted by molar-refractivity contribution is 0.199. The molecule has 0 atom stereocenters. The maximum Gasteiger partial charge on any atom is 0.223 e. The molecule has 1 aromatic heterocycles. The molecule has 1 N–H and O–H groups in total. The molecule has 0 fully saturated rings. The van der Waals surface area contributed by atoms with Gasteiger partial charge in [0.05, 0.1) is 6.61 Å². The molecule has 2 aromatic rings. The van der Waals surface area contributed by atoms with Gasteiger partial charge in [0, 0.05) is 33.2 Å². The molecule has 0 saturated heterocycles. The van der Waals surface area contributed by atoms with Gasteiger partial charge in [-0.1, -0.05) is 5.16 Å². The van der Waals surface area contributed by atoms with E-state index in [1.165, 1.54) is 12.1 Å². The summed E-state index contributed by atoms with van der Waals surface area (Å²) in [6.07, 6.45) is 0. The van der Waals surface area contributed by atoms with Crippen molar-refractivity contribution in [3.63, 3.8) is 0 Å². The Bertz CT molecular complexity index is 574. The molecule has 0 aliphatic rings. The highest BCUT2D eigenvalue weighted by Crippen LogP contribution is 2.17. The molecule has 7 heteroatoms. The van der Waals surface area contributed by atoms with E-state index in [1.807, 2.05) is 0 Å². The molecule has 1 heterocycles. The summed E-state index contributed by atoms with van der Waals surface area (Å²) in [4.78, 5) is 4.02. The van der Waals surface area contributed by atoms with Crippen molar-refractivity contribution in [2.24, 2.45) is 0 Å². The van der Waals surface area contributed by atoms with Crippen molar-refractivity contribution >= 4 is 0 Å². The van der Waals surface area contributed by atoms with Gasteiger partial charge < -0.3 is 19.3 Å². The SMILES string of the molecule is COCCNCc1cc(F)cc(OCc2noc(C)n2)c1. The quantitative estimate of drug-likeness (QED) is 0.749. The third-order valence-electron chi connectivity index (χ3n) is 2.68. The topological polar surface area (TPSA) is 69.4 Å². The summed E-state index contributed by atoms with van der Waals surface area (Å²) in [7, 11) is 1.63. The number of methoxy groups -OCH3 is 1. The minimum Gasteiger partial charge on any atom is -0.485 e. The average Bonchev–Trinajstić information content (AvgIpc) is 2.87. The molecule has 2 rings (SSSR count). The average molecular weight is 295 g/mol. The van der Waals surface area contributed by atoms with E-state index in [2.05, 4.69) is 15.5 Å². The summed E-state index contributed by atoms with van der Waals surface area (Å²) >= 11 is 0. The maximum absolute atomic E-state index is 13.6. The van der Waals surface area contributed by atoms with Crippen LogP contribution in [0, 0.1) is 12.7 Å². The van der Waals surface area contributed by atoms with Gasteiger partial charge in [-0.25, -0.2) is 4.39 Å². The molecule has 0 bridgehead atoms. The van der Waals surface area contributed by atoms with Crippen LogP contribution in [0.5, 0.6) is 5.75 Å². The van der Waals surface area contributed by atoms with Gasteiger partial charge in [0.25, 0.3) is 0 Å². The van der Waals surface area contributed by atoms with Crippen molar-refractivity contribution in [1.29, 1.82) is 0 Å². The number of benzene rings is 1. The van der Waals surface area contributed by atoms with Crippen molar-refractivity contribution < 1.29 is 18.4 Å². The molecule has 114 valence electrons. The van der Waals surface area contributed by atoms with Crippen LogP contribution in [0.3, 0.4) is 0 Å². The first-order valence-electron chi connectivity index (χ1n) is 6.58. The Labute approximate surface area is 122 Å². The first-order valence-corrected chi connectivity index (χ1v) is 6.58. The molecule has 6 nitrogen and oxygen atoms in total.